The molecule has 5 heteroatoms. The zero-order valence-corrected chi connectivity index (χ0v) is 10.4. The van der Waals surface area contributed by atoms with Crippen molar-refractivity contribution in [2.75, 3.05) is 0 Å². The van der Waals surface area contributed by atoms with E-state index in [1.54, 1.807) is 0 Å². The Hall–Kier alpha value is -0.390. The molecule has 0 heterocycles. The van der Waals surface area contributed by atoms with Crippen LogP contribution in [0.5, 0.6) is 0 Å². The SMILES string of the molecule is NC(Cc1ccc(Br)c(Br)c1)C(=O)O. The van der Waals surface area contributed by atoms with Gasteiger partial charge in [0.15, 0.2) is 0 Å². The van der Waals surface area contributed by atoms with Gasteiger partial charge >= 0.3 is 5.97 Å². The minimum atomic E-state index is -0.982. The summed E-state index contributed by atoms with van der Waals surface area (Å²) in [6.45, 7) is 0. The molecule has 0 fully saturated rings. The van der Waals surface area contributed by atoms with E-state index in [4.69, 9.17) is 10.8 Å². The van der Waals surface area contributed by atoms with Crippen molar-refractivity contribution < 1.29 is 9.90 Å². The highest BCUT2D eigenvalue weighted by Crippen LogP contribution is 2.24. The zero-order chi connectivity index (χ0) is 10.7. The van der Waals surface area contributed by atoms with E-state index in [1.165, 1.54) is 0 Å². The maximum atomic E-state index is 10.5. The lowest BCUT2D eigenvalue weighted by molar-refractivity contribution is -0.138. The second-order valence-electron chi connectivity index (χ2n) is 2.90. The smallest absolute Gasteiger partial charge is 0.320 e. The molecule has 0 aliphatic carbocycles. The van der Waals surface area contributed by atoms with Crippen molar-refractivity contribution in [1.82, 2.24) is 0 Å². The number of benzene rings is 1. The van der Waals surface area contributed by atoms with E-state index < -0.39 is 12.0 Å². The number of carboxylic acid groups (broad SMARTS) is 1. The molecule has 3 nitrogen and oxygen atoms in total. The van der Waals surface area contributed by atoms with Gasteiger partial charge < -0.3 is 10.8 Å². The first-order valence-electron chi connectivity index (χ1n) is 3.93. The Kier molecular flexibility index (Phi) is 4.10. The minimum Gasteiger partial charge on any atom is -0.480 e. The van der Waals surface area contributed by atoms with Gasteiger partial charge in [-0.3, -0.25) is 4.79 Å². The van der Waals surface area contributed by atoms with Crippen LogP contribution in [0.2, 0.25) is 0 Å². The van der Waals surface area contributed by atoms with Gasteiger partial charge in [-0.05, 0) is 56.0 Å². The maximum Gasteiger partial charge on any atom is 0.320 e. The molecule has 1 aromatic rings. The lowest BCUT2D eigenvalue weighted by Crippen LogP contribution is -2.32. The molecule has 0 aliphatic rings. The normalized spacial score (nSPS) is 12.5. The highest BCUT2D eigenvalue weighted by molar-refractivity contribution is 9.13. The van der Waals surface area contributed by atoms with Crippen LogP contribution in [0.1, 0.15) is 5.56 Å². The van der Waals surface area contributed by atoms with Gasteiger partial charge in [0.05, 0.1) is 0 Å². The van der Waals surface area contributed by atoms with E-state index in [0.717, 1.165) is 14.5 Å². The summed E-state index contributed by atoms with van der Waals surface area (Å²) in [5.41, 5.74) is 6.31. The van der Waals surface area contributed by atoms with E-state index >= 15 is 0 Å². The third-order valence-electron chi connectivity index (χ3n) is 1.76. The molecule has 0 bridgehead atoms. The van der Waals surface area contributed by atoms with Gasteiger partial charge in [-0.2, -0.15) is 0 Å². The Morgan fingerprint density at radius 3 is 2.57 bits per heavy atom. The Bertz CT molecular complexity index is 355. The van der Waals surface area contributed by atoms with Gasteiger partial charge in [0.1, 0.15) is 6.04 Å². The van der Waals surface area contributed by atoms with E-state index in [1.807, 2.05) is 18.2 Å². The van der Waals surface area contributed by atoms with Crippen LogP contribution in [-0.4, -0.2) is 17.1 Å². The summed E-state index contributed by atoms with van der Waals surface area (Å²) in [4.78, 5) is 10.5. The summed E-state index contributed by atoms with van der Waals surface area (Å²) < 4.78 is 1.83. The molecule has 76 valence electrons. The van der Waals surface area contributed by atoms with Gasteiger partial charge in [0.25, 0.3) is 0 Å². The summed E-state index contributed by atoms with van der Waals surface area (Å²) in [5.74, 6) is -0.982. The molecule has 0 saturated heterocycles. The van der Waals surface area contributed by atoms with E-state index in [-0.39, 0.29) is 0 Å². The van der Waals surface area contributed by atoms with Crippen molar-refractivity contribution in [1.29, 1.82) is 0 Å². The fourth-order valence-electron chi connectivity index (χ4n) is 1.01. The second-order valence-corrected chi connectivity index (χ2v) is 4.61. The summed E-state index contributed by atoms with van der Waals surface area (Å²) in [5, 5.41) is 8.62. The standard InChI is InChI=1S/C9H9Br2NO2/c10-6-2-1-5(3-7(6)11)4-8(12)9(13)14/h1-3,8H,4,12H2,(H,13,14). The first-order valence-corrected chi connectivity index (χ1v) is 5.51. The number of rotatable bonds is 3. The molecule has 3 N–H and O–H groups in total. The van der Waals surface area contributed by atoms with Crippen LogP contribution < -0.4 is 5.73 Å². The van der Waals surface area contributed by atoms with Crippen LogP contribution in [0.4, 0.5) is 0 Å². The van der Waals surface area contributed by atoms with Crippen molar-refractivity contribution in [3.63, 3.8) is 0 Å². The van der Waals surface area contributed by atoms with Crippen molar-refractivity contribution in [2.45, 2.75) is 12.5 Å². The minimum absolute atomic E-state index is 0.335. The fraction of sp³-hybridized carbons (Fsp3) is 0.222. The highest BCUT2D eigenvalue weighted by Gasteiger charge is 2.12. The maximum absolute atomic E-state index is 10.5. The summed E-state index contributed by atoms with van der Waals surface area (Å²) >= 11 is 6.67. The summed E-state index contributed by atoms with van der Waals surface area (Å²) in [7, 11) is 0. The second kappa shape index (κ2) is 4.91. The van der Waals surface area contributed by atoms with Crippen LogP contribution in [0.25, 0.3) is 0 Å². The molecule has 0 aromatic heterocycles. The first-order chi connectivity index (χ1) is 6.50. The number of carbonyl (C=O) groups is 1. The topological polar surface area (TPSA) is 63.3 Å². The van der Waals surface area contributed by atoms with Gasteiger partial charge in [0.2, 0.25) is 0 Å². The Labute approximate surface area is 98.6 Å². The van der Waals surface area contributed by atoms with Crippen molar-refractivity contribution in [3.8, 4) is 0 Å². The van der Waals surface area contributed by atoms with Crippen molar-refractivity contribution in [2.24, 2.45) is 5.73 Å². The quantitative estimate of drug-likeness (QED) is 0.896. The lowest BCUT2D eigenvalue weighted by atomic mass is 10.1. The van der Waals surface area contributed by atoms with E-state index in [0.29, 0.717) is 6.42 Å². The highest BCUT2D eigenvalue weighted by atomic mass is 79.9. The third-order valence-corrected chi connectivity index (χ3v) is 3.64. The summed E-state index contributed by atoms with van der Waals surface area (Å²) in [6.07, 6.45) is 0.335. The Balaban J connectivity index is 2.78. The lowest BCUT2D eigenvalue weighted by Gasteiger charge is -2.07. The number of halogens is 2. The number of nitrogens with two attached hydrogens (primary N) is 1. The Morgan fingerprint density at radius 2 is 2.07 bits per heavy atom. The molecular formula is C9H9Br2NO2. The van der Waals surface area contributed by atoms with Crippen LogP contribution in [0.3, 0.4) is 0 Å². The molecule has 1 unspecified atom stereocenters. The molecule has 1 aromatic carbocycles. The van der Waals surface area contributed by atoms with Crippen LogP contribution in [0.15, 0.2) is 27.1 Å². The van der Waals surface area contributed by atoms with Gasteiger partial charge in [-0.15, -0.1) is 0 Å². The van der Waals surface area contributed by atoms with Crippen molar-refractivity contribution >= 4 is 37.8 Å². The van der Waals surface area contributed by atoms with Gasteiger partial charge in [-0.25, -0.2) is 0 Å². The number of aliphatic carboxylic acids is 1. The first kappa shape index (κ1) is 11.7. The predicted octanol–water partition coefficient (Wildman–Crippen LogP) is 2.17. The van der Waals surface area contributed by atoms with Crippen LogP contribution in [-0.2, 0) is 11.2 Å². The number of hydrogen-bond acceptors (Lipinski definition) is 2. The molecule has 0 amide bonds. The van der Waals surface area contributed by atoms with Gasteiger partial charge in [0, 0.05) is 8.95 Å². The summed E-state index contributed by atoms with van der Waals surface area (Å²) in [6, 6.07) is 4.71. The van der Waals surface area contributed by atoms with Crippen LogP contribution >= 0.6 is 31.9 Å². The van der Waals surface area contributed by atoms with E-state index in [2.05, 4.69) is 31.9 Å². The molecule has 1 rings (SSSR count). The van der Waals surface area contributed by atoms with E-state index in [9.17, 15) is 4.79 Å². The number of hydrogen-bond donors (Lipinski definition) is 2. The molecule has 0 radical (unpaired) electrons. The zero-order valence-electron chi connectivity index (χ0n) is 7.21. The van der Waals surface area contributed by atoms with Crippen LogP contribution in [0, 0.1) is 0 Å². The molecule has 1 atom stereocenters. The monoisotopic (exact) mass is 321 g/mol. The Morgan fingerprint density at radius 1 is 1.43 bits per heavy atom. The average Bonchev–Trinajstić information content (AvgIpc) is 2.11. The fourth-order valence-corrected chi connectivity index (χ4v) is 1.68. The molecule has 0 aliphatic heterocycles. The largest absolute Gasteiger partial charge is 0.480 e. The molecule has 0 spiro atoms. The molecule has 14 heavy (non-hydrogen) atoms. The average molecular weight is 323 g/mol. The van der Waals surface area contributed by atoms with Crippen molar-refractivity contribution in [3.05, 3.63) is 32.7 Å². The molecule has 0 saturated carbocycles. The third kappa shape index (κ3) is 3.08. The van der Waals surface area contributed by atoms with Gasteiger partial charge in [-0.1, -0.05) is 6.07 Å². The number of carboxylic acids is 1. The predicted molar refractivity (Wildman–Crippen MR) is 61.2 cm³/mol. The molecular weight excluding hydrogens is 314 g/mol.